The van der Waals surface area contributed by atoms with E-state index in [1.807, 2.05) is 19.1 Å². The average Bonchev–Trinajstić information content (AvgIpc) is 2.97. The van der Waals surface area contributed by atoms with E-state index in [1.54, 1.807) is 29.5 Å². The summed E-state index contributed by atoms with van der Waals surface area (Å²) in [7, 11) is 0. The van der Waals surface area contributed by atoms with E-state index < -0.39 is 0 Å². The molecule has 0 saturated carbocycles. The van der Waals surface area contributed by atoms with Crippen LogP contribution in [0.3, 0.4) is 0 Å². The molecule has 0 radical (unpaired) electrons. The zero-order chi connectivity index (χ0) is 13.9. The lowest BCUT2D eigenvalue weighted by Gasteiger charge is -2.10. The predicted octanol–water partition coefficient (Wildman–Crippen LogP) is 1.69. The van der Waals surface area contributed by atoms with E-state index in [2.05, 4.69) is 25.3 Å². The summed E-state index contributed by atoms with van der Waals surface area (Å²) >= 11 is 0. The van der Waals surface area contributed by atoms with Crippen LogP contribution >= 0.6 is 0 Å². The van der Waals surface area contributed by atoms with Crippen LogP contribution in [0.2, 0.25) is 0 Å². The van der Waals surface area contributed by atoms with Gasteiger partial charge in [0, 0.05) is 18.6 Å². The van der Waals surface area contributed by atoms with Crippen LogP contribution in [-0.4, -0.2) is 24.5 Å². The Bertz CT molecular complexity index is 704. The van der Waals surface area contributed by atoms with Crippen molar-refractivity contribution in [1.82, 2.24) is 24.5 Å². The van der Waals surface area contributed by atoms with Gasteiger partial charge in [0.15, 0.2) is 11.6 Å². The molecule has 7 nitrogen and oxygen atoms in total. The van der Waals surface area contributed by atoms with E-state index in [9.17, 15) is 0 Å². The van der Waals surface area contributed by atoms with Gasteiger partial charge in [0.1, 0.15) is 24.2 Å². The molecule has 3 rings (SSSR count). The van der Waals surface area contributed by atoms with Gasteiger partial charge in [-0.15, -0.1) is 0 Å². The van der Waals surface area contributed by atoms with Crippen molar-refractivity contribution in [3.8, 4) is 5.82 Å². The first-order valence-corrected chi connectivity index (χ1v) is 6.02. The monoisotopic (exact) mass is 267 g/mol. The van der Waals surface area contributed by atoms with E-state index in [0.717, 1.165) is 5.56 Å². The van der Waals surface area contributed by atoms with E-state index in [1.165, 1.54) is 6.33 Å². The van der Waals surface area contributed by atoms with Gasteiger partial charge in [-0.25, -0.2) is 19.9 Å². The molecule has 3 N–H and O–H groups in total. The first-order chi connectivity index (χ1) is 9.74. The molecule has 7 heteroatoms. The van der Waals surface area contributed by atoms with Gasteiger partial charge >= 0.3 is 0 Å². The number of aryl methyl sites for hydroxylation is 1. The molecule has 3 heterocycles. The maximum atomic E-state index is 6.09. The fourth-order valence-corrected chi connectivity index (χ4v) is 1.74. The zero-order valence-corrected chi connectivity index (χ0v) is 10.9. The smallest absolute Gasteiger partial charge is 0.166 e. The lowest BCUT2D eigenvalue weighted by molar-refractivity contribution is 0.977. The van der Waals surface area contributed by atoms with Gasteiger partial charge in [0.2, 0.25) is 0 Å². The Morgan fingerprint density at radius 1 is 1.20 bits per heavy atom. The number of anilines is 3. The number of hydrogen-bond acceptors (Lipinski definition) is 6. The molecule has 0 saturated heterocycles. The normalized spacial score (nSPS) is 10.4. The summed E-state index contributed by atoms with van der Waals surface area (Å²) in [5.41, 5.74) is 7.61. The Balaban J connectivity index is 1.94. The Morgan fingerprint density at radius 3 is 2.80 bits per heavy atom. The number of rotatable bonds is 3. The Labute approximate surface area is 115 Å². The fraction of sp³-hybridized carbons (Fsp3) is 0.0769. The van der Waals surface area contributed by atoms with Gasteiger partial charge in [-0.1, -0.05) is 6.07 Å². The standard InChI is InChI=1S/C13H13N7/c1-9-2-3-10(16-6-9)19-12-11(14)13(18-7-17-12)20-5-4-15-8-20/h2-8H,14H2,1H3,(H,16,17,18,19). The molecule has 0 unspecified atom stereocenters. The molecule has 0 atom stereocenters. The summed E-state index contributed by atoms with van der Waals surface area (Å²) in [5, 5.41) is 3.08. The second kappa shape index (κ2) is 4.96. The van der Waals surface area contributed by atoms with Crippen LogP contribution in [0.15, 0.2) is 43.4 Å². The summed E-state index contributed by atoms with van der Waals surface area (Å²) in [5.74, 6) is 1.77. The van der Waals surface area contributed by atoms with Crippen molar-refractivity contribution < 1.29 is 0 Å². The summed E-state index contributed by atoms with van der Waals surface area (Å²) < 4.78 is 1.73. The van der Waals surface area contributed by atoms with Crippen LogP contribution in [-0.2, 0) is 0 Å². The zero-order valence-electron chi connectivity index (χ0n) is 10.9. The molecule has 0 spiro atoms. The second-order valence-electron chi connectivity index (χ2n) is 4.28. The van der Waals surface area contributed by atoms with Gasteiger partial charge in [-0.2, -0.15) is 0 Å². The van der Waals surface area contributed by atoms with Crippen LogP contribution in [0.1, 0.15) is 5.56 Å². The minimum atomic E-state index is 0.438. The van der Waals surface area contributed by atoms with E-state index in [-0.39, 0.29) is 0 Å². The van der Waals surface area contributed by atoms with E-state index in [0.29, 0.717) is 23.1 Å². The Kier molecular flexibility index (Phi) is 3.00. The minimum Gasteiger partial charge on any atom is -0.393 e. The van der Waals surface area contributed by atoms with Crippen molar-refractivity contribution in [3.05, 3.63) is 48.9 Å². The van der Waals surface area contributed by atoms with Gasteiger partial charge < -0.3 is 11.1 Å². The maximum absolute atomic E-state index is 6.09. The number of hydrogen-bond donors (Lipinski definition) is 2. The summed E-state index contributed by atoms with van der Waals surface area (Å²) in [4.78, 5) is 16.5. The molecule has 0 amide bonds. The molecular formula is C13H13N7. The lowest BCUT2D eigenvalue weighted by atomic mass is 10.3. The minimum absolute atomic E-state index is 0.438. The van der Waals surface area contributed by atoms with Gasteiger partial charge in [0.05, 0.1) is 0 Å². The van der Waals surface area contributed by atoms with Crippen molar-refractivity contribution >= 4 is 17.3 Å². The maximum Gasteiger partial charge on any atom is 0.166 e. The highest BCUT2D eigenvalue weighted by Crippen LogP contribution is 2.23. The van der Waals surface area contributed by atoms with Crippen LogP contribution in [0, 0.1) is 6.92 Å². The molecule has 0 aromatic carbocycles. The van der Waals surface area contributed by atoms with Crippen LogP contribution in [0.5, 0.6) is 0 Å². The molecule has 100 valence electrons. The largest absolute Gasteiger partial charge is 0.393 e. The highest BCUT2D eigenvalue weighted by atomic mass is 15.2. The molecule has 0 aliphatic carbocycles. The van der Waals surface area contributed by atoms with Crippen molar-refractivity contribution in [1.29, 1.82) is 0 Å². The number of imidazole rings is 1. The average molecular weight is 267 g/mol. The second-order valence-corrected chi connectivity index (χ2v) is 4.28. The van der Waals surface area contributed by atoms with Crippen LogP contribution < -0.4 is 11.1 Å². The summed E-state index contributed by atoms with van der Waals surface area (Å²) in [6.45, 7) is 1.98. The molecule has 0 aliphatic rings. The van der Waals surface area contributed by atoms with Crippen molar-refractivity contribution in [2.24, 2.45) is 0 Å². The number of nitrogens with two attached hydrogens (primary N) is 1. The third-order valence-corrected chi connectivity index (χ3v) is 2.77. The number of pyridine rings is 1. The quantitative estimate of drug-likeness (QED) is 0.750. The van der Waals surface area contributed by atoms with Gasteiger partial charge in [-0.3, -0.25) is 4.57 Å². The SMILES string of the molecule is Cc1ccc(Nc2ncnc(-n3ccnc3)c2N)nc1. The van der Waals surface area contributed by atoms with Crippen molar-refractivity contribution in [2.45, 2.75) is 6.92 Å². The Morgan fingerprint density at radius 2 is 2.10 bits per heavy atom. The van der Waals surface area contributed by atoms with Crippen molar-refractivity contribution in [3.63, 3.8) is 0 Å². The topological polar surface area (TPSA) is 94.5 Å². The third kappa shape index (κ3) is 2.28. The molecule has 0 fully saturated rings. The summed E-state index contributed by atoms with van der Waals surface area (Å²) in [6, 6.07) is 3.83. The number of nitrogens with one attached hydrogen (secondary N) is 1. The van der Waals surface area contributed by atoms with Crippen LogP contribution in [0.4, 0.5) is 17.3 Å². The highest BCUT2D eigenvalue weighted by Gasteiger charge is 2.10. The summed E-state index contributed by atoms with van der Waals surface area (Å²) in [6.07, 6.45) is 8.29. The number of aromatic nitrogens is 5. The van der Waals surface area contributed by atoms with E-state index in [4.69, 9.17) is 5.73 Å². The highest BCUT2D eigenvalue weighted by molar-refractivity contribution is 5.72. The van der Waals surface area contributed by atoms with Crippen LogP contribution in [0.25, 0.3) is 5.82 Å². The Hall–Kier alpha value is -2.96. The third-order valence-electron chi connectivity index (χ3n) is 2.77. The molecule has 20 heavy (non-hydrogen) atoms. The molecule has 3 aromatic rings. The number of nitrogens with zero attached hydrogens (tertiary/aromatic N) is 5. The van der Waals surface area contributed by atoms with Crippen molar-refractivity contribution in [2.75, 3.05) is 11.1 Å². The molecular weight excluding hydrogens is 254 g/mol. The lowest BCUT2D eigenvalue weighted by Crippen LogP contribution is -2.07. The van der Waals surface area contributed by atoms with Gasteiger partial charge in [-0.05, 0) is 18.6 Å². The fourth-order valence-electron chi connectivity index (χ4n) is 1.74. The molecule has 0 bridgehead atoms. The first-order valence-electron chi connectivity index (χ1n) is 6.02. The molecule has 0 aliphatic heterocycles. The van der Waals surface area contributed by atoms with E-state index >= 15 is 0 Å². The molecule has 3 aromatic heterocycles. The number of nitrogen functional groups attached to an aromatic ring is 1. The first kappa shape index (κ1) is 12.1. The van der Waals surface area contributed by atoms with Gasteiger partial charge in [0.25, 0.3) is 0 Å². The predicted molar refractivity (Wildman–Crippen MR) is 75.8 cm³/mol.